The van der Waals surface area contributed by atoms with Crippen LogP contribution in [0, 0.1) is 0 Å². The second kappa shape index (κ2) is 7.90. The molecule has 2 aliphatic heterocycles. The van der Waals surface area contributed by atoms with Gasteiger partial charge in [-0.25, -0.2) is 0 Å². The molecule has 1 N–H and O–H groups in total. The summed E-state index contributed by atoms with van der Waals surface area (Å²) >= 11 is 0. The maximum atomic E-state index is 12.6. The van der Waals surface area contributed by atoms with Crippen molar-refractivity contribution in [1.29, 1.82) is 0 Å². The smallest absolute Gasteiger partial charge is 0.238 e. The van der Waals surface area contributed by atoms with Crippen LogP contribution in [0.5, 0.6) is 11.5 Å². The monoisotopic (exact) mass is 381 g/mol. The zero-order valence-corrected chi connectivity index (χ0v) is 15.8. The molecule has 0 aliphatic carbocycles. The van der Waals surface area contributed by atoms with E-state index in [1.165, 1.54) is 12.6 Å². The second-order valence-electron chi connectivity index (χ2n) is 6.95. The van der Waals surface area contributed by atoms with E-state index < -0.39 is 0 Å². The number of benzene rings is 2. The summed E-state index contributed by atoms with van der Waals surface area (Å²) in [6, 6.07) is 13.6. The molecule has 7 heteroatoms. The van der Waals surface area contributed by atoms with Gasteiger partial charge in [0.1, 0.15) is 0 Å². The van der Waals surface area contributed by atoms with Crippen molar-refractivity contribution in [2.24, 2.45) is 0 Å². The largest absolute Gasteiger partial charge is 0.454 e. The van der Waals surface area contributed by atoms with Crippen molar-refractivity contribution in [2.45, 2.75) is 6.92 Å². The van der Waals surface area contributed by atoms with Crippen molar-refractivity contribution in [3.8, 4) is 11.5 Å². The van der Waals surface area contributed by atoms with Crippen molar-refractivity contribution >= 4 is 23.1 Å². The van der Waals surface area contributed by atoms with Crippen LogP contribution in [0.25, 0.3) is 0 Å². The molecule has 146 valence electrons. The number of amides is 1. The van der Waals surface area contributed by atoms with Gasteiger partial charge < -0.3 is 19.7 Å². The Hall–Kier alpha value is -3.06. The standard InChI is InChI=1S/C21H23N3O4/c1-15(25)17-11-19-20(28-14-27-19)12-18(17)22-21(26)13-23-7-9-24(10-8-23)16-5-3-2-4-6-16/h2-6,11-12H,7-10,13-14H2,1H3,(H,22,26). The third kappa shape index (κ3) is 3.94. The first kappa shape index (κ1) is 18.3. The molecule has 2 aromatic rings. The third-order valence-corrected chi connectivity index (χ3v) is 5.03. The molecular formula is C21H23N3O4. The van der Waals surface area contributed by atoms with Crippen molar-refractivity contribution in [3.63, 3.8) is 0 Å². The van der Waals surface area contributed by atoms with E-state index in [-0.39, 0.29) is 25.0 Å². The quantitative estimate of drug-likeness (QED) is 0.802. The van der Waals surface area contributed by atoms with E-state index >= 15 is 0 Å². The molecule has 0 atom stereocenters. The number of piperazine rings is 1. The van der Waals surface area contributed by atoms with Gasteiger partial charge in [-0.3, -0.25) is 14.5 Å². The van der Waals surface area contributed by atoms with Crippen molar-refractivity contribution in [1.82, 2.24) is 4.90 Å². The molecular weight excluding hydrogens is 358 g/mol. The predicted octanol–water partition coefficient (Wildman–Crippen LogP) is 2.38. The van der Waals surface area contributed by atoms with E-state index in [9.17, 15) is 9.59 Å². The highest BCUT2D eigenvalue weighted by Crippen LogP contribution is 2.37. The van der Waals surface area contributed by atoms with Crippen LogP contribution in [0.15, 0.2) is 42.5 Å². The molecule has 2 aromatic carbocycles. The topological polar surface area (TPSA) is 71.1 Å². The lowest BCUT2D eigenvalue weighted by molar-refractivity contribution is -0.117. The Morgan fingerprint density at radius 3 is 2.36 bits per heavy atom. The van der Waals surface area contributed by atoms with Crippen LogP contribution in [-0.4, -0.2) is 56.1 Å². The van der Waals surface area contributed by atoms with Gasteiger partial charge in [0.25, 0.3) is 0 Å². The number of hydrogen-bond donors (Lipinski definition) is 1. The van der Waals surface area contributed by atoms with E-state index in [2.05, 4.69) is 27.2 Å². The maximum absolute atomic E-state index is 12.6. The Balaban J connectivity index is 1.36. The molecule has 1 saturated heterocycles. The number of carbonyl (C=O) groups excluding carboxylic acids is 2. The maximum Gasteiger partial charge on any atom is 0.238 e. The van der Waals surface area contributed by atoms with Crippen LogP contribution < -0.4 is 19.7 Å². The van der Waals surface area contributed by atoms with Gasteiger partial charge in [0.15, 0.2) is 17.3 Å². The fourth-order valence-electron chi connectivity index (χ4n) is 3.53. The minimum absolute atomic E-state index is 0.121. The van der Waals surface area contributed by atoms with Crippen molar-refractivity contribution < 1.29 is 19.1 Å². The summed E-state index contributed by atoms with van der Waals surface area (Å²) in [6.07, 6.45) is 0. The van der Waals surface area contributed by atoms with Crippen LogP contribution in [0.1, 0.15) is 17.3 Å². The summed E-state index contributed by atoms with van der Waals surface area (Å²) in [4.78, 5) is 28.9. The lowest BCUT2D eigenvalue weighted by atomic mass is 10.1. The van der Waals surface area contributed by atoms with Crippen LogP contribution in [0.3, 0.4) is 0 Å². The number of Topliss-reactive ketones (excluding diaryl/α,β-unsaturated/α-hetero) is 1. The van der Waals surface area contributed by atoms with Gasteiger partial charge >= 0.3 is 0 Å². The average Bonchev–Trinajstić information content (AvgIpc) is 3.16. The zero-order chi connectivity index (χ0) is 19.5. The number of ether oxygens (including phenoxy) is 2. The summed E-state index contributed by atoms with van der Waals surface area (Å²) in [6.45, 7) is 5.24. The van der Waals surface area contributed by atoms with Crippen LogP contribution in [-0.2, 0) is 4.79 Å². The predicted molar refractivity (Wildman–Crippen MR) is 106 cm³/mol. The molecule has 0 saturated carbocycles. The molecule has 28 heavy (non-hydrogen) atoms. The second-order valence-corrected chi connectivity index (χ2v) is 6.95. The number of carbonyl (C=O) groups is 2. The lowest BCUT2D eigenvalue weighted by Crippen LogP contribution is -2.48. The van der Waals surface area contributed by atoms with E-state index in [4.69, 9.17) is 9.47 Å². The van der Waals surface area contributed by atoms with Gasteiger partial charge in [0.05, 0.1) is 12.2 Å². The van der Waals surface area contributed by atoms with Gasteiger partial charge in [0.2, 0.25) is 12.7 Å². The molecule has 0 aromatic heterocycles. The number of nitrogens with zero attached hydrogens (tertiary/aromatic N) is 2. The van der Waals surface area contributed by atoms with Crippen LogP contribution in [0.2, 0.25) is 0 Å². The fourth-order valence-corrected chi connectivity index (χ4v) is 3.53. The number of para-hydroxylation sites is 1. The molecule has 0 radical (unpaired) electrons. The SMILES string of the molecule is CC(=O)c1cc2c(cc1NC(=O)CN1CCN(c3ccccc3)CC1)OCO2. The summed E-state index contributed by atoms with van der Waals surface area (Å²) in [5.41, 5.74) is 2.09. The number of ketones is 1. The first-order valence-corrected chi connectivity index (χ1v) is 9.37. The highest BCUT2D eigenvalue weighted by Gasteiger charge is 2.22. The summed E-state index contributed by atoms with van der Waals surface area (Å²) < 4.78 is 10.7. The van der Waals surface area contributed by atoms with Crippen LogP contribution in [0.4, 0.5) is 11.4 Å². The van der Waals surface area contributed by atoms with Crippen LogP contribution >= 0.6 is 0 Å². The number of fused-ring (bicyclic) bond motifs is 1. The Morgan fingerprint density at radius 1 is 1.00 bits per heavy atom. The summed E-state index contributed by atoms with van der Waals surface area (Å²) in [5, 5.41) is 2.86. The Morgan fingerprint density at radius 2 is 1.68 bits per heavy atom. The van der Waals surface area contributed by atoms with E-state index in [1.807, 2.05) is 18.2 Å². The first-order valence-electron chi connectivity index (χ1n) is 9.37. The van der Waals surface area contributed by atoms with Crippen molar-refractivity contribution in [3.05, 3.63) is 48.0 Å². The Labute approximate surface area is 163 Å². The highest BCUT2D eigenvalue weighted by atomic mass is 16.7. The van der Waals surface area contributed by atoms with Gasteiger partial charge in [-0.2, -0.15) is 0 Å². The number of rotatable bonds is 5. The molecule has 7 nitrogen and oxygen atoms in total. The number of hydrogen-bond acceptors (Lipinski definition) is 6. The minimum atomic E-state index is -0.144. The van der Waals surface area contributed by atoms with E-state index in [0.717, 1.165) is 26.2 Å². The van der Waals surface area contributed by atoms with Gasteiger partial charge in [-0.15, -0.1) is 0 Å². The van der Waals surface area contributed by atoms with Gasteiger partial charge in [-0.1, -0.05) is 18.2 Å². The summed E-state index contributed by atoms with van der Waals surface area (Å²) in [5.74, 6) is 0.789. The molecule has 2 aliphatic rings. The normalized spacial score (nSPS) is 16.1. The molecule has 0 spiro atoms. The Bertz CT molecular complexity index is 877. The van der Waals surface area contributed by atoms with Gasteiger partial charge in [0, 0.05) is 43.5 Å². The first-order chi connectivity index (χ1) is 13.6. The van der Waals surface area contributed by atoms with Crippen molar-refractivity contribution in [2.75, 3.05) is 49.7 Å². The molecule has 1 fully saturated rings. The molecule has 2 heterocycles. The van der Waals surface area contributed by atoms with E-state index in [1.54, 1.807) is 12.1 Å². The molecule has 0 unspecified atom stereocenters. The van der Waals surface area contributed by atoms with E-state index in [0.29, 0.717) is 22.7 Å². The molecule has 1 amide bonds. The Kier molecular flexibility index (Phi) is 5.16. The number of nitrogens with one attached hydrogen (secondary N) is 1. The molecule has 4 rings (SSSR count). The summed E-state index contributed by atoms with van der Waals surface area (Å²) in [7, 11) is 0. The lowest BCUT2D eigenvalue weighted by Gasteiger charge is -2.35. The fraction of sp³-hybridized carbons (Fsp3) is 0.333. The highest BCUT2D eigenvalue weighted by molar-refractivity contribution is 6.05. The van der Waals surface area contributed by atoms with Gasteiger partial charge in [-0.05, 0) is 25.1 Å². The third-order valence-electron chi connectivity index (χ3n) is 5.03. The molecule has 0 bridgehead atoms. The number of anilines is 2. The minimum Gasteiger partial charge on any atom is -0.454 e. The zero-order valence-electron chi connectivity index (χ0n) is 15.8. The average molecular weight is 381 g/mol.